The molecular weight excluding hydrogens is 535 g/mol. The molecule has 208 valence electrons. The molecule has 40 heavy (non-hydrogen) atoms. The van der Waals surface area contributed by atoms with Crippen LogP contribution in [-0.2, 0) is 4.79 Å². The summed E-state index contributed by atoms with van der Waals surface area (Å²) < 4.78 is 26.1. The lowest BCUT2D eigenvalue weighted by molar-refractivity contribution is -0.123. The second kappa shape index (κ2) is 11.6. The highest BCUT2D eigenvalue weighted by molar-refractivity contribution is 6.30. The largest absolute Gasteiger partial charge is 0.497 e. The van der Waals surface area contributed by atoms with Crippen molar-refractivity contribution in [2.45, 2.75) is 32.0 Å². The maximum Gasteiger partial charge on any atom is 0.326 e. The van der Waals surface area contributed by atoms with Crippen molar-refractivity contribution in [2.24, 2.45) is 4.99 Å². The molecule has 3 aromatic carbocycles. The summed E-state index contributed by atoms with van der Waals surface area (Å²) in [6, 6.07) is 17.0. The summed E-state index contributed by atoms with van der Waals surface area (Å²) in [4.78, 5) is 34.7. The van der Waals surface area contributed by atoms with E-state index < -0.39 is 23.9 Å². The molecular formula is C30H30ClFN4O4. The van der Waals surface area contributed by atoms with Gasteiger partial charge in [0.15, 0.2) is 0 Å². The normalized spacial score (nSPS) is 18.9. The number of halogens is 2. The third-order valence-electron chi connectivity index (χ3n) is 6.78. The molecule has 3 amide bonds. The van der Waals surface area contributed by atoms with Crippen LogP contribution in [0.2, 0.25) is 5.02 Å². The SMILES string of the molecule is COc1ccc(C2=NC(c3cccc(F)c3)C(c3ccc(Cl)cc3)N2C(=O)N2CCNC(=O)C2)c(OC(C)C)c1. The van der Waals surface area contributed by atoms with E-state index in [2.05, 4.69) is 5.32 Å². The first-order chi connectivity index (χ1) is 19.2. The molecule has 3 aromatic rings. The number of hydrogen-bond donors (Lipinski definition) is 1. The van der Waals surface area contributed by atoms with Crippen LogP contribution in [0.15, 0.2) is 71.7 Å². The van der Waals surface area contributed by atoms with Gasteiger partial charge in [-0.2, -0.15) is 0 Å². The van der Waals surface area contributed by atoms with Gasteiger partial charge in [0, 0.05) is 24.2 Å². The Morgan fingerprint density at radius 2 is 1.88 bits per heavy atom. The molecule has 0 saturated carbocycles. The molecule has 0 spiro atoms. The van der Waals surface area contributed by atoms with Gasteiger partial charge in [-0.3, -0.25) is 14.7 Å². The molecule has 0 aromatic heterocycles. The van der Waals surface area contributed by atoms with Gasteiger partial charge in [-0.25, -0.2) is 9.18 Å². The second-order valence-corrected chi connectivity index (χ2v) is 10.3. The average molecular weight is 565 g/mol. The van der Waals surface area contributed by atoms with Crippen LogP contribution in [-0.4, -0.2) is 60.4 Å². The third-order valence-corrected chi connectivity index (χ3v) is 7.03. The van der Waals surface area contributed by atoms with Crippen molar-refractivity contribution in [2.75, 3.05) is 26.7 Å². The van der Waals surface area contributed by atoms with Gasteiger partial charge < -0.3 is 19.7 Å². The second-order valence-electron chi connectivity index (χ2n) is 9.90. The Kier molecular flexibility index (Phi) is 7.93. The Morgan fingerprint density at radius 3 is 2.55 bits per heavy atom. The van der Waals surface area contributed by atoms with Crippen molar-refractivity contribution in [3.63, 3.8) is 0 Å². The highest BCUT2D eigenvalue weighted by Gasteiger charge is 2.45. The van der Waals surface area contributed by atoms with Crippen molar-refractivity contribution in [3.05, 3.63) is 94.3 Å². The number of piperazine rings is 1. The van der Waals surface area contributed by atoms with Crippen molar-refractivity contribution >= 4 is 29.4 Å². The number of hydrogen-bond acceptors (Lipinski definition) is 5. The first-order valence-corrected chi connectivity index (χ1v) is 13.4. The summed E-state index contributed by atoms with van der Waals surface area (Å²) in [7, 11) is 1.56. The van der Waals surface area contributed by atoms with Gasteiger partial charge in [-0.15, -0.1) is 0 Å². The lowest BCUT2D eigenvalue weighted by Gasteiger charge is -2.36. The van der Waals surface area contributed by atoms with Gasteiger partial charge in [0.05, 0.1) is 24.8 Å². The number of urea groups is 1. The zero-order valence-corrected chi connectivity index (χ0v) is 23.2. The third kappa shape index (κ3) is 5.60. The number of carbonyl (C=O) groups is 2. The minimum atomic E-state index is -0.652. The number of benzene rings is 3. The van der Waals surface area contributed by atoms with Crippen molar-refractivity contribution in [1.82, 2.24) is 15.1 Å². The molecule has 0 aliphatic carbocycles. The highest BCUT2D eigenvalue weighted by atomic mass is 35.5. The number of nitrogens with zero attached hydrogens (tertiary/aromatic N) is 3. The quantitative estimate of drug-likeness (QED) is 0.436. The molecule has 2 atom stereocenters. The van der Waals surface area contributed by atoms with Crippen molar-refractivity contribution in [1.29, 1.82) is 0 Å². The van der Waals surface area contributed by atoms with Gasteiger partial charge in [0.1, 0.15) is 35.7 Å². The number of carbonyl (C=O) groups excluding carboxylic acids is 2. The summed E-state index contributed by atoms with van der Waals surface area (Å²) in [5.74, 6) is 0.769. The van der Waals surface area contributed by atoms with E-state index in [9.17, 15) is 14.0 Å². The van der Waals surface area contributed by atoms with Crippen LogP contribution in [0.25, 0.3) is 0 Å². The maximum atomic E-state index is 14.5. The molecule has 1 saturated heterocycles. The highest BCUT2D eigenvalue weighted by Crippen LogP contribution is 2.45. The van der Waals surface area contributed by atoms with E-state index in [-0.39, 0.29) is 18.6 Å². The molecule has 0 bridgehead atoms. The van der Waals surface area contributed by atoms with E-state index in [1.165, 1.54) is 17.0 Å². The number of amidine groups is 1. The summed E-state index contributed by atoms with van der Waals surface area (Å²) >= 11 is 6.21. The zero-order chi connectivity index (χ0) is 28.4. The molecule has 2 aliphatic rings. The number of methoxy groups -OCH3 is 1. The first kappa shape index (κ1) is 27.5. The van der Waals surface area contributed by atoms with Crippen LogP contribution < -0.4 is 14.8 Å². The first-order valence-electron chi connectivity index (χ1n) is 13.0. The van der Waals surface area contributed by atoms with Gasteiger partial charge in [-0.05, 0) is 61.4 Å². The molecule has 1 N–H and O–H groups in total. The predicted octanol–water partition coefficient (Wildman–Crippen LogP) is 5.37. The Balaban J connectivity index is 1.72. The molecule has 5 rings (SSSR count). The minimum Gasteiger partial charge on any atom is -0.497 e. The minimum absolute atomic E-state index is 0.0848. The van der Waals surface area contributed by atoms with Crippen molar-refractivity contribution in [3.8, 4) is 11.5 Å². The van der Waals surface area contributed by atoms with Crippen molar-refractivity contribution < 1.29 is 23.5 Å². The number of amides is 3. The molecule has 0 radical (unpaired) electrons. The summed E-state index contributed by atoms with van der Waals surface area (Å²) in [6.07, 6.45) is -0.172. The molecule has 2 unspecified atom stereocenters. The Morgan fingerprint density at radius 1 is 1.10 bits per heavy atom. The van der Waals surface area contributed by atoms with Gasteiger partial charge >= 0.3 is 6.03 Å². The van der Waals surface area contributed by atoms with E-state index in [4.69, 9.17) is 26.1 Å². The van der Waals surface area contributed by atoms with Crippen LogP contribution in [0.5, 0.6) is 11.5 Å². The topological polar surface area (TPSA) is 83.5 Å². The average Bonchev–Trinajstić information content (AvgIpc) is 3.33. The van der Waals surface area contributed by atoms with Gasteiger partial charge in [0.25, 0.3) is 0 Å². The fourth-order valence-corrected chi connectivity index (χ4v) is 5.13. The van der Waals surface area contributed by atoms with Crippen LogP contribution in [0.1, 0.15) is 42.6 Å². The predicted molar refractivity (Wildman–Crippen MR) is 150 cm³/mol. The molecule has 8 nitrogen and oxygen atoms in total. The lowest BCUT2D eigenvalue weighted by Crippen LogP contribution is -2.55. The summed E-state index contributed by atoms with van der Waals surface area (Å²) in [6.45, 7) is 4.40. The van der Waals surface area contributed by atoms with E-state index in [1.54, 1.807) is 54.5 Å². The summed E-state index contributed by atoms with van der Waals surface area (Å²) in [5.41, 5.74) is 1.93. The van der Waals surface area contributed by atoms with Crippen LogP contribution in [0, 0.1) is 5.82 Å². The van der Waals surface area contributed by atoms with Crippen LogP contribution in [0.3, 0.4) is 0 Å². The van der Waals surface area contributed by atoms with E-state index in [1.807, 2.05) is 26.0 Å². The number of aliphatic imine (C=N–C) groups is 1. The molecule has 2 aliphatic heterocycles. The Hall–Kier alpha value is -4.11. The van der Waals surface area contributed by atoms with Crippen LogP contribution in [0.4, 0.5) is 9.18 Å². The van der Waals surface area contributed by atoms with Gasteiger partial charge in [0.2, 0.25) is 5.91 Å². The van der Waals surface area contributed by atoms with Crippen LogP contribution >= 0.6 is 11.6 Å². The number of ether oxygens (including phenoxy) is 2. The molecule has 1 fully saturated rings. The molecule has 2 heterocycles. The number of rotatable bonds is 6. The fraction of sp³-hybridized carbons (Fsp3) is 0.300. The molecule has 10 heteroatoms. The zero-order valence-electron chi connectivity index (χ0n) is 22.4. The monoisotopic (exact) mass is 564 g/mol. The van der Waals surface area contributed by atoms with E-state index in [0.29, 0.717) is 46.6 Å². The standard InChI is InChI=1S/C30H30ClFN4O4/c1-18(2)40-25-16-23(39-3)11-12-24(25)29-34-27(20-5-4-6-22(32)15-20)28(19-7-9-21(31)10-8-19)36(29)30(38)35-14-13-33-26(37)17-35/h4-12,15-16,18,27-28H,13-14,17H2,1-3H3,(H,33,37). The fourth-order valence-electron chi connectivity index (χ4n) is 5.01. The van der Waals surface area contributed by atoms with E-state index in [0.717, 1.165) is 5.56 Å². The summed E-state index contributed by atoms with van der Waals surface area (Å²) in [5, 5.41) is 3.30. The van der Waals surface area contributed by atoms with Gasteiger partial charge in [-0.1, -0.05) is 35.9 Å². The lowest BCUT2D eigenvalue weighted by atomic mass is 9.93. The Labute approximate surface area is 237 Å². The van der Waals surface area contributed by atoms with E-state index >= 15 is 0 Å². The smallest absolute Gasteiger partial charge is 0.326 e. The number of nitrogens with one attached hydrogen (secondary N) is 1. The Bertz CT molecular complexity index is 1450. The maximum absolute atomic E-state index is 14.5.